The Balaban J connectivity index is 1.59. The Morgan fingerprint density at radius 2 is 2.11 bits per heavy atom. The molecule has 0 N–H and O–H groups in total. The maximum atomic E-state index is 6.32. The molecule has 0 radical (unpaired) electrons. The van der Waals surface area contributed by atoms with E-state index < -0.39 is 0 Å². The molecule has 0 bridgehead atoms. The molecule has 2 atom stereocenters. The van der Waals surface area contributed by atoms with Gasteiger partial charge in [0.25, 0.3) is 0 Å². The summed E-state index contributed by atoms with van der Waals surface area (Å²) in [6.45, 7) is 0. The van der Waals surface area contributed by atoms with Crippen LogP contribution in [0.4, 0.5) is 0 Å². The van der Waals surface area contributed by atoms with Gasteiger partial charge in [0.1, 0.15) is 11.5 Å². The highest BCUT2D eigenvalue weighted by Crippen LogP contribution is 2.48. The third-order valence-electron chi connectivity index (χ3n) is 4.94. The Morgan fingerprint density at radius 1 is 1.19 bits per heavy atom. The van der Waals surface area contributed by atoms with Gasteiger partial charge in [0, 0.05) is 22.6 Å². The molecule has 0 fully saturated rings. The summed E-state index contributed by atoms with van der Waals surface area (Å²) in [5.74, 6) is 1.70. The van der Waals surface area contributed by atoms with Gasteiger partial charge in [-0.2, -0.15) is 5.10 Å². The van der Waals surface area contributed by atoms with Gasteiger partial charge in [0.15, 0.2) is 0 Å². The van der Waals surface area contributed by atoms with Crippen LogP contribution < -0.4 is 9.47 Å². The third kappa shape index (κ3) is 2.87. The fraction of sp³-hybridized carbons (Fsp3) is 0.190. The molecule has 0 saturated carbocycles. The van der Waals surface area contributed by atoms with E-state index in [9.17, 15) is 0 Å². The van der Waals surface area contributed by atoms with E-state index in [0.29, 0.717) is 5.02 Å². The predicted molar refractivity (Wildman–Crippen MR) is 108 cm³/mol. The fourth-order valence-corrected chi connectivity index (χ4v) is 4.58. The second-order valence-electron chi connectivity index (χ2n) is 6.55. The molecular formula is C21H17ClN2O2S. The SMILES string of the molecule is COc1cccc(C2=NN3[C@@H](c4cccs4)Oc4ccc(Cl)cc4[C@@H]3C2)c1. The summed E-state index contributed by atoms with van der Waals surface area (Å²) in [5, 5.41) is 9.80. The molecule has 0 aliphatic carbocycles. The van der Waals surface area contributed by atoms with E-state index in [1.165, 1.54) is 0 Å². The summed E-state index contributed by atoms with van der Waals surface area (Å²) < 4.78 is 11.7. The van der Waals surface area contributed by atoms with Crippen LogP contribution in [0.25, 0.3) is 0 Å². The Kier molecular flexibility index (Phi) is 4.06. The molecule has 0 saturated heterocycles. The van der Waals surface area contributed by atoms with Crippen molar-refractivity contribution < 1.29 is 9.47 Å². The van der Waals surface area contributed by atoms with Crippen LogP contribution >= 0.6 is 22.9 Å². The van der Waals surface area contributed by atoms with Crippen molar-refractivity contribution in [2.45, 2.75) is 18.7 Å². The van der Waals surface area contributed by atoms with Crippen LogP contribution in [-0.2, 0) is 0 Å². The molecule has 1 aromatic heterocycles. The van der Waals surface area contributed by atoms with Crippen molar-refractivity contribution >= 4 is 28.6 Å². The summed E-state index contributed by atoms with van der Waals surface area (Å²) >= 11 is 7.95. The second-order valence-corrected chi connectivity index (χ2v) is 7.96. The standard InChI is InChI=1S/C21H17ClN2O2S/c1-25-15-5-2-4-13(10-15)17-12-18-16-11-14(22)7-8-19(16)26-21(24(18)23-17)20-6-3-9-27-20/h2-11,18,21H,12H2,1H3/t18-,21+/m0/s1. The quantitative estimate of drug-likeness (QED) is 0.573. The molecule has 0 amide bonds. The summed E-state index contributed by atoms with van der Waals surface area (Å²) in [4.78, 5) is 1.14. The molecular weight excluding hydrogens is 380 g/mol. The molecule has 2 aromatic carbocycles. The first-order valence-corrected chi connectivity index (χ1v) is 9.98. The first kappa shape index (κ1) is 16.7. The number of hydrogen-bond donors (Lipinski definition) is 0. The highest BCUT2D eigenvalue weighted by Gasteiger charge is 2.41. The van der Waals surface area contributed by atoms with Crippen molar-refractivity contribution in [3.8, 4) is 11.5 Å². The first-order valence-electron chi connectivity index (χ1n) is 8.72. The summed E-state index contributed by atoms with van der Waals surface area (Å²) in [6, 6.07) is 18.1. The molecule has 2 aliphatic heterocycles. The maximum absolute atomic E-state index is 6.32. The number of halogens is 1. The van der Waals surface area contributed by atoms with Gasteiger partial charge in [-0.3, -0.25) is 0 Å². The Morgan fingerprint density at radius 3 is 2.93 bits per heavy atom. The summed E-state index contributed by atoms with van der Waals surface area (Å²) in [7, 11) is 1.68. The molecule has 136 valence electrons. The average molecular weight is 397 g/mol. The van der Waals surface area contributed by atoms with Gasteiger partial charge in [-0.25, -0.2) is 5.01 Å². The molecule has 3 aromatic rings. The van der Waals surface area contributed by atoms with Crippen molar-refractivity contribution in [2.24, 2.45) is 5.10 Å². The summed E-state index contributed by atoms with van der Waals surface area (Å²) in [6.07, 6.45) is 0.568. The van der Waals surface area contributed by atoms with Crippen molar-refractivity contribution in [3.63, 3.8) is 0 Å². The van der Waals surface area contributed by atoms with Gasteiger partial charge in [-0.1, -0.05) is 29.8 Å². The number of hydrogen-bond acceptors (Lipinski definition) is 5. The Hall–Kier alpha value is -2.50. The van der Waals surface area contributed by atoms with Crippen LogP contribution in [0.3, 0.4) is 0 Å². The molecule has 2 aliphatic rings. The molecule has 6 heteroatoms. The highest BCUT2D eigenvalue weighted by molar-refractivity contribution is 7.10. The van der Waals surface area contributed by atoms with E-state index in [1.807, 2.05) is 42.5 Å². The zero-order chi connectivity index (χ0) is 18.4. The zero-order valence-corrected chi connectivity index (χ0v) is 16.2. The number of hydrazone groups is 1. The minimum atomic E-state index is -0.230. The van der Waals surface area contributed by atoms with Gasteiger partial charge in [-0.15, -0.1) is 11.3 Å². The van der Waals surface area contributed by atoms with E-state index in [-0.39, 0.29) is 12.3 Å². The number of benzene rings is 2. The smallest absolute Gasteiger partial charge is 0.222 e. The van der Waals surface area contributed by atoms with Gasteiger partial charge >= 0.3 is 0 Å². The van der Waals surface area contributed by atoms with E-state index in [0.717, 1.165) is 39.6 Å². The van der Waals surface area contributed by atoms with E-state index in [1.54, 1.807) is 18.4 Å². The van der Waals surface area contributed by atoms with Crippen LogP contribution in [-0.4, -0.2) is 17.8 Å². The van der Waals surface area contributed by atoms with Crippen LogP contribution in [0.5, 0.6) is 11.5 Å². The fourth-order valence-electron chi connectivity index (χ4n) is 3.65. The predicted octanol–water partition coefficient (Wildman–Crippen LogP) is 5.65. The van der Waals surface area contributed by atoms with Gasteiger partial charge in [-0.05, 0) is 41.8 Å². The average Bonchev–Trinajstić information content (AvgIpc) is 3.38. The van der Waals surface area contributed by atoms with Crippen molar-refractivity contribution in [2.75, 3.05) is 7.11 Å². The molecule has 3 heterocycles. The van der Waals surface area contributed by atoms with Crippen LogP contribution in [0.1, 0.15) is 34.7 Å². The summed E-state index contributed by atoms with van der Waals surface area (Å²) in [5.41, 5.74) is 3.17. The number of ether oxygens (including phenoxy) is 2. The largest absolute Gasteiger partial charge is 0.497 e. The zero-order valence-electron chi connectivity index (χ0n) is 14.6. The van der Waals surface area contributed by atoms with Crippen molar-refractivity contribution in [3.05, 3.63) is 81.0 Å². The van der Waals surface area contributed by atoms with Crippen LogP contribution in [0.2, 0.25) is 5.02 Å². The first-order chi connectivity index (χ1) is 13.2. The van der Waals surface area contributed by atoms with Gasteiger partial charge in [0.05, 0.1) is 23.7 Å². The minimum absolute atomic E-state index is 0.0979. The number of thiophene rings is 1. The maximum Gasteiger partial charge on any atom is 0.222 e. The van der Waals surface area contributed by atoms with Crippen LogP contribution in [0.15, 0.2) is 65.1 Å². The number of methoxy groups -OCH3 is 1. The topological polar surface area (TPSA) is 34.1 Å². The Labute approximate surface area is 166 Å². The van der Waals surface area contributed by atoms with Crippen molar-refractivity contribution in [1.29, 1.82) is 0 Å². The highest BCUT2D eigenvalue weighted by atomic mass is 35.5. The molecule has 27 heavy (non-hydrogen) atoms. The molecule has 4 nitrogen and oxygen atoms in total. The lowest BCUT2D eigenvalue weighted by Gasteiger charge is -2.37. The number of rotatable bonds is 3. The molecule has 5 rings (SSSR count). The van der Waals surface area contributed by atoms with E-state index >= 15 is 0 Å². The molecule has 0 unspecified atom stereocenters. The number of nitrogens with zero attached hydrogens (tertiary/aromatic N) is 2. The lowest BCUT2D eigenvalue weighted by atomic mass is 9.96. The van der Waals surface area contributed by atoms with Crippen molar-refractivity contribution in [1.82, 2.24) is 5.01 Å². The molecule has 0 spiro atoms. The van der Waals surface area contributed by atoms with E-state index in [4.69, 9.17) is 26.2 Å². The lowest BCUT2D eigenvalue weighted by Crippen LogP contribution is -2.33. The monoisotopic (exact) mass is 396 g/mol. The second kappa shape index (κ2) is 6.59. The van der Waals surface area contributed by atoms with Crippen LogP contribution in [0, 0.1) is 0 Å². The van der Waals surface area contributed by atoms with Gasteiger partial charge < -0.3 is 9.47 Å². The minimum Gasteiger partial charge on any atom is -0.497 e. The van der Waals surface area contributed by atoms with E-state index in [2.05, 4.69) is 22.5 Å². The number of fused-ring (bicyclic) bond motifs is 3. The normalized spacial score (nSPS) is 20.5. The van der Waals surface area contributed by atoms with Gasteiger partial charge in [0.2, 0.25) is 6.23 Å². The Bertz CT molecular complexity index is 1020. The third-order valence-corrected chi connectivity index (χ3v) is 6.08. The lowest BCUT2D eigenvalue weighted by molar-refractivity contribution is -0.0165.